The molecule has 0 aromatic rings. The topological polar surface area (TPSA) is 17.1 Å². The molecule has 0 bridgehead atoms. The molecule has 0 aromatic carbocycles. The lowest BCUT2D eigenvalue weighted by atomic mass is 10.00. The standard InChI is InChI=1S/C7H5F9OS/c8-4(9,2-1-3(17)18)5(10,11)6(12,13)7(14,15)16/h1-2H2,(H,17,18). The van der Waals surface area contributed by atoms with E-state index in [1.54, 1.807) is 0 Å². The Hall–Kier alpha value is -0.610. The molecular formula is C7H5F9OS. The summed E-state index contributed by atoms with van der Waals surface area (Å²) < 4.78 is 110. The highest BCUT2D eigenvalue weighted by atomic mass is 32.1. The van der Waals surface area contributed by atoms with Crippen LogP contribution in [0.25, 0.3) is 0 Å². The largest absolute Gasteiger partial charge is 0.460 e. The monoisotopic (exact) mass is 308 g/mol. The van der Waals surface area contributed by atoms with Gasteiger partial charge in [-0.15, -0.1) is 12.6 Å². The van der Waals surface area contributed by atoms with Crippen molar-refractivity contribution in [3.8, 4) is 0 Å². The van der Waals surface area contributed by atoms with Gasteiger partial charge in [0.2, 0.25) is 0 Å². The molecule has 0 unspecified atom stereocenters. The number of rotatable bonds is 5. The van der Waals surface area contributed by atoms with Gasteiger partial charge in [0.1, 0.15) is 0 Å². The summed E-state index contributed by atoms with van der Waals surface area (Å²) in [7, 11) is 0. The summed E-state index contributed by atoms with van der Waals surface area (Å²) in [6.07, 6.45) is -10.4. The minimum atomic E-state index is -6.91. The molecule has 0 fully saturated rings. The van der Waals surface area contributed by atoms with Gasteiger partial charge in [-0.05, 0) is 0 Å². The Bertz CT molecular complexity index is 321. The molecular weight excluding hydrogens is 303 g/mol. The van der Waals surface area contributed by atoms with E-state index in [9.17, 15) is 44.3 Å². The molecule has 0 aliphatic carbocycles. The molecule has 0 rings (SSSR count). The van der Waals surface area contributed by atoms with Crippen molar-refractivity contribution in [2.75, 3.05) is 0 Å². The summed E-state index contributed by atoms with van der Waals surface area (Å²) in [6, 6.07) is 0. The highest BCUT2D eigenvalue weighted by molar-refractivity contribution is 7.96. The highest BCUT2D eigenvalue weighted by Gasteiger charge is 2.81. The zero-order chi connectivity index (χ0) is 15.0. The van der Waals surface area contributed by atoms with Gasteiger partial charge in [0.25, 0.3) is 0 Å². The van der Waals surface area contributed by atoms with Gasteiger partial charge in [0.05, 0.1) is 0 Å². The quantitative estimate of drug-likeness (QED) is 0.605. The normalized spacial score (nSPS) is 14.8. The van der Waals surface area contributed by atoms with Crippen LogP contribution in [-0.4, -0.2) is 29.1 Å². The van der Waals surface area contributed by atoms with Crippen LogP contribution in [0.2, 0.25) is 0 Å². The van der Waals surface area contributed by atoms with E-state index >= 15 is 0 Å². The molecule has 0 aromatic heterocycles. The molecule has 0 heterocycles. The van der Waals surface area contributed by atoms with E-state index in [0.717, 1.165) is 0 Å². The lowest BCUT2D eigenvalue weighted by Crippen LogP contribution is -2.60. The summed E-state index contributed by atoms with van der Waals surface area (Å²) in [5, 5.41) is -1.35. The predicted molar refractivity (Wildman–Crippen MR) is 44.1 cm³/mol. The molecule has 1 nitrogen and oxygen atoms in total. The van der Waals surface area contributed by atoms with Crippen molar-refractivity contribution in [2.45, 2.75) is 36.8 Å². The first-order valence-electron chi connectivity index (χ1n) is 4.09. The van der Waals surface area contributed by atoms with Crippen molar-refractivity contribution in [2.24, 2.45) is 0 Å². The maximum Gasteiger partial charge on any atom is 0.460 e. The summed E-state index contributed by atoms with van der Waals surface area (Å²) in [5.41, 5.74) is 0. The predicted octanol–water partition coefficient (Wildman–Crippen LogP) is 3.69. The Kier molecular flexibility index (Phi) is 4.65. The van der Waals surface area contributed by atoms with Crippen LogP contribution in [0.4, 0.5) is 39.5 Å². The van der Waals surface area contributed by atoms with Crippen LogP contribution in [0.1, 0.15) is 12.8 Å². The molecule has 0 saturated heterocycles. The van der Waals surface area contributed by atoms with Gasteiger partial charge in [-0.25, -0.2) is 0 Å². The fraction of sp³-hybridized carbons (Fsp3) is 0.857. The number of alkyl halides is 9. The molecule has 0 amide bonds. The van der Waals surface area contributed by atoms with E-state index in [4.69, 9.17) is 0 Å². The average Bonchev–Trinajstić information content (AvgIpc) is 2.12. The molecule has 0 radical (unpaired) electrons. The third-order valence-corrected chi connectivity index (χ3v) is 2.09. The van der Waals surface area contributed by atoms with E-state index in [0.29, 0.717) is 0 Å². The van der Waals surface area contributed by atoms with Gasteiger partial charge in [0.15, 0.2) is 5.12 Å². The van der Waals surface area contributed by atoms with Crippen molar-refractivity contribution in [3.63, 3.8) is 0 Å². The van der Waals surface area contributed by atoms with Gasteiger partial charge < -0.3 is 0 Å². The Morgan fingerprint density at radius 1 is 0.833 bits per heavy atom. The first kappa shape index (κ1) is 17.4. The second-order valence-electron chi connectivity index (χ2n) is 3.24. The van der Waals surface area contributed by atoms with Gasteiger partial charge in [0, 0.05) is 12.8 Å². The number of carbonyl (C=O) groups is 1. The summed E-state index contributed by atoms with van der Waals surface area (Å²) in [6.45, 7) is 0. The number of hydrogen-bond acceptors (Lipinski definition) is 1. The minimum Gasteiger partial charge on any atom is -0.288 e. The zero-order valence-electron chi connectivity index (χ0n) is 8.17. The van der Waals surface area contributed by atoms with Crippen LogP contribution in [0.5, 0.6) is 0 Å². The van der Waals surface area contributed by atoms with E-state index in [-0.39, 0.29) is 0 Å². The summed E-state index contributed by atoms with van der Waals surface area (Å²) >= 11 is 2.91. The van der Waals surface area contributed by atoms with Crippen LogP contribution in [-0.2, 0) is 4.79 Å². The van der Waals surface area contributed by atoms with E-state index in [1.165, 1.54) is 0 Å². The van der Waals surface area contributed by atoms with Gasteiger partial charge in [-0.1, -0.05) is 0 Å². The lowest BCUT2D eigenvalue weighted by molar-refractivity contribution is -0.396. The highest BCUT2D eigenvalue weighted by Crippen LogP contribution is 2.54. The van der Waals surface area contributed by atoms with Crippen molar-refractivity contribution in [1.29, 1.82) is 0 Å². The second-order valence-corrected chi connectivity index (χ2v) is 3.74. The van der Waals surface area contributed by atoms with Crippen LogP contribution in [0.15, 0.2) is 0 Å². The zero-order valence-corrected chi connectivity index (χ0v) is 9.07. The van der Waals surface area contributed by atoms with E-state index in [1.807, 2.05) is 0 Å². The fourth-order valence-electron chi connectivity index (χ4n) is 0.829. The molecule has 0 atom stereocenters. The van der Waals surface area contributed by atoms with Crippen molar-refractivity contribution in [1.82, 2.24) is 0 Å². The van der Waals surface area contributed by atoms with Crippen LogP contribution in [0, 0.1) is 0 Å². The van der Waals surface area contributed by atoms with Crippen LogP contribution < -0.4 is 0 Å². The first-order valence-corrected chi connectivity index (χ1v) is 4.53. The molecule has 11 heteroatoms. The fourth-order valence-corrected chi connectivity index (χ4v) is 0.940. The molecule has 18 heavy (non-hydrogen) atoms. The number of thiol groups is 1. The van der Waals surface area contributed by atoms with Gasteiger partial charge in [-0.2, -0.15) is 39.5 Å². The Morgan fingerprint density at radius 2 is 1.22 bits per heavy atom. The molecule has 0 N–H and O–H groups in total. The minimum absolute atomic E-state index is 1.35. The maximum absolute atomic E-state index is 12.7. The number of hydrogen-bond donors (Lipinski definition) is 1. The summed E-state index contributed by atoms with van der Waals surface area (Å²) in [4.78, 5) is 10.1. The smallest absolute Gasteiger partial charge is 0.288 e. The second kappa shape index (κ2) is 4.82. The molecule has 0 saturated carbocycles. The maximum atomic E-state index is 12.7. The van der Waals surface area contributed by atoms with Crippen LogP contribution >= 0.6 is 12.6 Å². The van der Waals surface area contributed by atoms with Crippen molar-refractivity contribution < 1.29 is 44.3 Å². The third kappa shape index (κ3) is 3.04. The Labute approximate surface area is 99.7 Å². The first-order chi connectivity index (χ1) is 7.67. The molecule has 0 aliphatic rings. The lowest BCUT2D eigenvalue weighted by Gasteiger charge is -2.33. The van der Waals surface area contributed by atoms with Crippen LogP contribution in [0.3, 0.4) is 0 Å². The van der Waals surface area contributed by atoms with Crippen molar-refractivity contribution in [3.05, 3.63) is 0 Å². The number of carbonyl (C=O) groups excluding carboxylic acids is 1. The molecule has 0 spiro atoms. The van der Waals surface area contributed by atoms with Gasteiger partial charge >= 0.3 is 23.9 Å². The molecule has 108 valence electrons. The Morgan fingerprint density at radius 3 is 1.50 bits per heavy atom. The van der Waals surface area contributed by atoms with E-state index in [2.05, 4.69) is 12.6 Å². The average molecular weight is 308 g/mol. The SMILES string of the molecule is O=C(S)CCC(F)(F)C(F)(F)C(F)(F)C(F)(F)F. The van der Waals surface area contributed by atoms with Crippen molar-refractivity contribution >= 4 is 17.7 Å². The Balaban J connectivity index is 5.29. The summed E-state index contributed by atoms with van der Waals surface area (Å²) in [5.74, 6) is -19.3. The number of halogens is 9. The third-order valence-electron chi connectivity index (χ3n) is 1.86. The molecule has 0 aliphatic heterocycles. The van der Waals surface area contributed by atoms with E-state index < -0.39 is 41.9 Å². The van der Waals surface area contributed by atoms with Gasteiger partial charge in [-0.3, -0.25) is 4.79 Å².